The fourth-order valence-electron chi connectivity index (χ4n) is 2.31. The van der Waals surface area contributed by atoms with E-state index in [1.165, 1.54) is 5.56 Å². The fourth-order valence-corrected chi connectivity index (χ4v) is 2.47. The first-order chi connectivity index (χ1) is 9.56. The molecule has 110 valence electrons. The second kappa shape index (κ2) is 6.95. The molecule has 0 aliphatic carbocycles. The van der Waals surface area contributed by atoms with E-state index in [0.29, 0.717) is 17.6 Å². The smallest absolute Gasteiger partial charge is 0.239 e. The Morgan fingerprint density at radius 2 is 2.25 bits per heavy atom. The van der Waals surface area contributed by atoms with E-state index < -0.39 is 0 Å². The average Bonchev–Trinajstić information content (AvgIpc) is 2.61. The highest BCUT2D eigenvalue weighted by molar-refractivity contribution is 6.30. The van der Waals surface area contributed by atoms with Crippen LogP contribution in [0.15, 0.2) is 18.2 Å². The van der Waals surface area contributed by atoms with Crippen molar-refractivity contribution in [2.45, 2.75) is 32.9 Å². The largest absolute Gasteiger partial charge is 0.362 e. The molecule has 4 nitrogen and oxygen atoms in total. The minimum atomic E-state index is 0.0743. The Bertz CT molecular complexity index is 476. The predicted octanol–water partition coefficient (Wildman–Crippen LogP) is 2.16. The SMILES string of the molecule is CC(C)NCc1ccc(Cl)cc1N1CCCNC(=O)C1. The van der Waals surface area contributed by atoms with Crippen molar-refractivity contribution >= 4 is 23.2 Å². The van der Waals surface area contributed by atoms with Crippen LogP contribution >= 0.6 is 11.6 Å². The summed E-state index contributed by atoms with van der Waals surface area (Å²) in [6.45, 7) is 7.03. The van der Waals surface area contributed by atoms with Crippen LogP contribution in [0.25, 0.3) is 0 Å². The average molecular weight is 296 g/mol. The molecule has 1 saturated heterocycles. The number of amides is 1. The zero-order valence-corrected chi connectivity index (χ0v) is 12.8. The molecule has 0 bridgehead atoms. The number of nitrogens with one attached hydrogen (secondary N) is 2. The molecule has 1 aliphatic heterocycles. The van der Waals surface area contributed by atoms with Gasteiger partial charge in [-0.25, -0.2) is 0 Å². The van der Waals surface area contributed by atoms with Crippen LogP contribution in [-0.2, 0) is 11.3 Å². The summed E-state index contributed by atoms with van der Waals surface area (Å²) in [6, 6.07) is 6.32. The van der Waals surface area contributed by atoms with Crippen molar-refractivity contribution in [3.05, 3.63) is 28.8 Å². The van der Waals surface area contributed by atoms with Gasteiger partial charge in [-0.15, -0.1) is 0 Å². The molecule has 1 fully saturated rings. The molecule has 0 saturated carbocycles. The van der Waals surface area contributed by atoms with Crippen molar-refractivity contribution in [3.8, 4) is 0 Å². The first-order valence-electron chi connectivity index (χ1n) is 7.09. The molecule has 1 aromatic carbocycles. The first-order valence-corrected chi connectivity index (χ1v) is 7.47. The lowest BCUT2D eigenvalue weighted by Crippen LogP contribution is -2.34. The number of rotatable bonds is 4. The molecule has 1 aromatic rings. The lowest BCUT2D eigenvalue weighted by Gasteiger charge is -2.25. The Morgan fingerprint density at radius 1 is 1.45 bits per heavy atom. The molecule has 2 rings (SSSR count). The molecule has 2 N–H and O–H groups in total. The van der Waals surface area contributed by atoms with Gasteiger partial charge in [-0.3, -0.25) is 4.79 Å². The third-order valence-electron chi connectivity index (χ3n) is 3.35. The topological polar surface area (TPSA) is 44.4 Å². The third-order valence-corrected chi connectivity index (χ3v) is 3.59. The van der Waals surface area contributed by atoms with Crippen LogP contribution in [0.1, 0.15) is 25.8 Å². The standard InChI is InChI=1S/C15H22ClN3O/c1-11(2)18-9-12-4-5-13(16)8-14(12)19-7-3-6-17-15(20)10-19/h4-5,8,11,18H,3,6-7,9-10H2,1-2H3,(H,17,20). The summed E-state index contributed by atoms with van der Waals surface area (Å²) in [5, 5.41) is 7.02. The normalized spacial score (nSPS) is 16.2. The van der Waals surface area contributed by atoms with Gasteiger partial charge in [-0.2, -0.15) is 0 Å². The summed E-state index contributed by atoms with van der Waals surface area (Å²) >= 11 is 6.13. The summed E-state index contributed by atoms with van der Waals surface area (Å²) in [5.74, 6) is 0.0743. The van der Waals surface area contributed by atoms with Gasteiger partial charge in [0.2, 0.25) is 5.91 Å². The Balaban J connectivity index is 2.22. The fraction of sp³-hybridized carbons (Fsp3) is 0.533. The van der Waals surface area contributed by atoms with Gasteiger partial charge in [0.05, 0.1) is 6.54 Å². The third kappa shape index (κ3) is 4.12. The quantitative estimate of drug-likeness (QED) is 0.895. The summed E-state index contributed by atoms with van der Waals surface area (Å²) in [6.07, 6.45) is 0.954. The van der Waals surface area contributed by atoms with E-state index in [0.717, 1.165) is 31.7 Å². The van der Waals surface area contributed by atoms with E-state index in [1.807, 2.05) is 18.2 Å². The number of nitrogens with zero attached hydrogens (tertiary/aromatic N) is 1. The van der Waals surface area contributed by atoms with E-state index in [-0.39, 0.29) is 5.91 Å². The second-order valence-corrected chi connectivity index (χ2v) is 5.87. The molecule has 0 unspecified atom stereocenters. The maximum absolute atomic E-state index is 11.7. The lowest BCUT2D eigenvalue weighted by atomic mass is 10.1. The summed E-state index contributed by atoms with van der Waals surface area (Å²) < 4.78 is 0. The van der Waals surface area contributed by atoms with Gasteiger partial charge < -0.3 is 15.5 Å². The Labute approximate surface area is 125 Å². The molecular weight excluding hydrogens is 274 g/mol. The van der Waals surface area contributed by atoms with Gasteiger partial charge in [0.1, 0.15) is 0 Å². The highest BCUT2D eigenvalue weighted by Gasteiger charge is 2.18. The Hall–Kier alpha value is -1.26. The number of anilines is 1. The van der Waals surface area contributed by atoms with Gasteiger partial charge >= 0.3 is 0 Å². The van der Waals surface area contributed by atoms with Gasteiger partial charge in [0, 0.05) is 36.4 Å². The summed E-state index contributed by atoms with van der Waals surface area (Å²) in [7, 11) is 0. The minimum absolute atomic E-state index is 0.0743. The molecule has 20 heavy (non-hydrogen) atoms. The lowest BCUT2D eigenvalue weighted by molar-refractivity contribution is -0.119. The zero-order valence-electron chi connectivity index (χ0n) is 12.1. The number of benzene rings is 1. The van der Waals surface area contributed by atoms with Gasteiger partial charge in [0.15, 0.2) is 0 Å². The van der Waals surface area contributed by atoms with Gasteiger partial charge in [-0.1, -0.05) is 31.5 Å². The van der Waals surface area contributed by atoms with Gasteiger partial charge in [0.25, 0.3) is 0 Å². The highest BCUT2D eigenvalue weighted by Crippen LogP contribution is 2.25. The van der Waals surface area contributed by atoms with Crippen LogP contribution < -0.4 is 15.5 Å². The zero-order chi connectivity index (χ0) is 14.5. The minimum Gasteiger partial charge on any atom is -0.362 e. The van der Waals surface area contributed by atoms with E-state index in [9.17, 15) is 4.79 Å². The number of carbonyl (C=O) groups is 1. The van der Waals surface area contributed by atoms with Crippen LogP contribution in [0.4, 0.5) is 5.69 Å². The predicted molar refractivity (Wildman–Crippen MR) is 83.3 cm³/mol. The maximum atomic E-state index is 11.7. The van der Waals surface area contributed by atoms with Crippen LogP contribution in [-0.4, -0.2) is 31.6 Å². The number of hydrogen-bond donors (Lipinski definition) is 2. The number of halogens is 1. The van der Waals surface area contributed by atoms with E-state index >= 15 is 0 Å². The number of hydrogen-bond acceptors (Lipinski definition) is 3. The van der Waals surface area contributed by atoms with Crippen molar-refractivity contribution < 1.29 is 4.79 Å². The molecule has 1 heterocycles. The van der Waals surface area contributed by atoms with Crippen molar-refractivity contribution in [1.29, 1.82) is 0 Å². The van der Waals surface area contributed by atoms with Crippen LogP contribution in [0, 0.1) is 0 Å². The number of carbonyl (C=O) groups excluding carboxylic acids is 1. The molecular formula is C15H22ClN3O. The Kier molecular flexibility index (Phi) is 5.26. The van der Waals surface area contributed by atoms with Gasteiger partial charge in [-0.05, 0) is 24.1 Å². The Morgan fingerprint density at radius 3 is 3.00 bits per heavy atom. The second-order valence-electron chi connectivity index (χ2n) is 5.43. The summed E-state index contributed by atoms with van der Waals surface area (Å²) in [5.41, 5.74) is 2.24. The van der Waals surface area contributed by atoms with Crippen molar-refractivity contribution in [2.75, 3.05) is 24.5 Å². The molecule has 0 atom stereocenters. The van der Waals surface area contributed by atoms with E-state index in [2.05, 4.69) is 29.4 Å². The highest BCUT2D eigenvalue weighted by atomic mass is 35.5. The van der Waals surface area contributed by atoms with Crippen molar-refractivity contribution in [1.82, 2.24) is 10.6 Å². The molecule has 0 radical (unpaired) electrons. The molecule has 5 heteroatoms. The molecule has 1 amide bonds. The van der Waals surface area contributed by atoms with E-state index in [1.54, 1.807) is 0 Å². The maximum Gasteiger partial charge on any atom is 0.239 e. The monoisotopic (exact) mass is 295 g/mol. The van der Waals surface area contributed by atoms with E-state index in [4.69, 9.17) is 11.6 Å². The van der Waals surface area contributed by atoms with Crippen LogP contribution in [0.3, 0.4) is 0 Å². The van der Waals surface area contributed by atoms with Crippen LogP contribution in [0.5, 0.6) is 0 Å². The van der Waals surface area contributed by atoms with Crippen LogP contribution in [0.2, 0.25) is 5.02 Å². The molecule has 0 spiro atoms. The van der Waals surface area contributed by atoms with Crippen molar-refractivity contribution in [2.24, 2.45) is 0 Å². The molecule has 0 aromatic heterocycles. The first kappa shape index (κ1) is 15.1. The van der Waals surface area contributed by atoms with Crippen molar-refractivity contribution in [3.63, 3.8) is 0 Å². The summed E-state index contributed by atoms with van der Waals surface area (Å²) in [4.78, 5) is 13.8. The molecule has 1 aliphatic rings.